The van der Waals surface area contributed by atoms with E-state index in [-0.39, 0.29) is 23.3 Å². The van der Waals surface area contributed by atoms with E-state index in [1.54, 1.807) is 10.6 Å². The first-order valence-corrected chi connectivity index (χ1v) is 18.5. The molecule has 0 saturated carbocycles. The van der Waals surface area contributed by atoms with E-state index in [2.05, 4.69) is 17.0 Å². The number of benzene rings is 1. The van der Waals surface area contributed by atoms with Gasteiger partial charge in [0.2, 0.25) is 0 Å². The fraction of sp³-hybridized carbons (Fsp3) is 0.684. The first kappa shape index (κ1) is 35.2. The van der Waals surface area contributed by atoms with E-state index >= 15 is 0 Å². The van der Waals surface area contributed by atoms with Crippen molar-refractivity contribution < 1.29 is 18.4 Å². The zero-order chi connectivity index (χ0) is 33.0. The van der Waals surface area contributed by atoms with Crippen LogP contribution in [-0.2, 0) is 22.5 Å². The van der Waals surface area contributed by atoms with Gasteiger partial charge in [0.25, 0.3) is 5.56 Å². The number of halogens is 1. The van der Waals surface area contributed by atoms with Gasteiger partial charge >= 0.3 is 5.97 Å². The quantitative estimate of drug-likeness (QED) is 0.100. The Hall–Kier alpha value is -3.07. The van der Waals surface area contributed by atoms with Crippen LogP contribution in [0.4, 0.5) is 4.39 Å². The predicted octanol–water partition coefficient (Wildman–Crippen LogP) is 8.72. The molecule has 0 spiro atoms. The number of likely N-dealkylation sites (tertiary alicyclic amines) is 1. The summed E-state index contributed by atoms with van der Waals surface area (Å²) in [4.78, 5) is 33.6. The molecule has 0 aliphatic carbocycles. The molecule has 258 valence electrons. The minimum absolute atomic E-state index is 0.00499. The lowest BCUT2D eigenvalue weighted by molar-refractivity contribution is -0.151. The summed E-state index contributed by atoms with van der Waals surface area (Å²) in [7, 11) is 0. The summed E-state index contributed by atoms with van der Waals surface area (Å²) in [6, 6.07) is 4.60. The minimum Gasteiger partial charge on any atom is -0.454 e. The Bertz CT molecular complexity index is 1490. The zero-order valence-electron chi connectivity index (χ0n) is 28.7. The first-order chi connectivity index (χ1) is 22.9. The molecule has 8 nitrogen and oxygen atoms in total. The smallest absolute Gasteiger partial charge is 0.306 e. The maximum absolute atomic E-state index is 13.6. The van der Waals surface area contributed by atoms with Crippen molar-refractivity contribution in [3.05, 3.63) is 57.1 Å². The molecule has 47 heavy (non-hydrogen) atoms. The number of carbonyl (C=O) groups excluding carboxylic acids is 1. The van der Waals surface area contributed by atoms with Gasteiger partial charge in [-0.2, -0.15) is 0 Å². The van der Waals surface area contributed by atoms with Gasteiger partial charge in [-0.05, 0) is 70.7 Å². The highest BCUT2D eigenvalue weighted by Gasteiger charge is 2.29. The van der Waals surface area contributed by atoms with E-state index in [4.69, 9.17) is 14.2 Å². The Labute approximate surface area is 279 Å². The number of nitrogens with zero attached hydrogens (tertiary/aromatic N) is 4. The fourth-order valence-corrected chi connectivity index (χ4v) is 7.40. The monoisotopic (exact) mass is 650 g/mol. The fourth-order valence-electron chi connectivity index (χ4n) is 7.40. The summed E-state index contributed by atoms with van der Waals surface area (Å²) in [5, 5.41) is 5.16. The van der Waals surface area contributed by atoms with Crippen molar-refractivity contribution in [3.8, 4) is 0 Å². The van der Waals surface area contributed by atoms with Crippen LogP contribution in [0.5, 0.6) is 0 Å². The lowest BCUT2D eigenvalue weighted by Crippen LogP contribution is -2.38. The summed E-state index contributed by atoms with van der Waals surface area (Å²) >= 11 is 0. The van der Waals surface area contributed by atoms with Crippen molar-refractivity contribution >= 4 is 16.9 Å². The van der Waals surface area contributed by atoms with Crippen LogP contribution in [0, 0.1) is 12.7 Å². The van der Waals surface area contributed by atoms with Crippen LogP contribution in [-0.4, -0.2) is 45.2 Å². The molecular weight excluding hydrogens is 595 g/mol. The van der Waals surface area contributed by atoms with Crippen molar-refractivity contribution in [2.45, 2.75) is 148 Å². The molecule has 0 amide bonds. The molecule has 1 fully saturated rings. The molecule has 5 rings (SSSR count). The molecule has 9 heteroatoms. The van der Waals surface area contributed by atoms with Crippen LogP contribution < -0.4 is 5.56 Å². The topological polar surface area (TPSA) is 90.5 Å². The number of rotatable bonds is 18. The predicted molar refractivity (Wildman–Crippen MR) is 183 cm³/mol. The van der Waals surface area contributed by atoms with Crippen LogP contribution in [0.1, 0.15) is 151 Å². The third-order valence-electron chi connectivity index (χ3n) is 10.3. The summed E-state index contributed by atoms with van der Waals surface area (Å²) in [6.07, 6.45) is 19.1. The highest BCUT2D eigenvalue weighted by Crippen LogP contribution is 2.33. The van der Waals surface area contributed by atoms with Crippen molar-refractivity contribution in [3.63, 3.8) is 0 Å². The number of fused-ring (bicyclic) bond motifs is 2. The molecule has 2 aliphatic rings. The maximum atomic E-state index is 13.6. The van der Waals surface area contributed by atoms with E-state index in [1.165, 1.54) is 76.3 Å². The number of hydrogen-bond acceptors (Lipinski definition) is 7. The normalized spacial score (nSPS) is 17.3. The number of aromatic nitrogens is 3. The second-order valence-electron chi connectivity index (χ2n) is 13.8. The average molecular weight is 651 g/mol. The van der Waals surface area contributed by atoms with Gasteiger partial charge in [0, 0.05) is 48.1 Å². The largest absolute Gasteiger partial charge is 0.454 e. The molecule has 2 aromatic heterocycles. The Morgan fingerprint density at radius 2 is 1.64 bits per heavy atom. The Balaban J connectivity index is 1.03. The summed E-state index contributed by atoms with van der Waals surface area (Å²) < 4.78 is 26.6. The van der Waals surface area contributed by atoms with Crippen LogP contribution >= 0.6 is 0 Å². The van der Waals surface area contributed by atoms with Crippen molar-refractivity contribution in [2.75, 3.05) is 19.6 Å². The van der Waals surface area contributed by atoms with E-state index < -0.39 is 6.10 Å². The molecule has 0 unspecified atom stereocenters. The minimum atomic E-state index is -0.447. The van der Waals surface area contributed by atoms with Crippen LogP contribution in [0.15, 0.2) is 27.5 Å². The Kier molecular flexibility index (Phi) is 13.4. The molecule has 1 saturated heterocycles. The van der Waals surface area contributed by atoms with Gasteiger partial charge in [0.05, 0.1) is 5.69 Å². The first-order valence-electron chi connectivity index (χ1n) is 18.5. The maximum Gasteiger partial charge on any atom is 0.306 e. The number of ether oxygens (including phenoxy) is 1. The number of esters is 1. The van der Waals surface area contributed by atoms with E-state index in [1.807, 2.05) is 6.92 Å². The third-order valence-corrected chi connectivity index (χ3v) is 10.3. The number of aryl methyl sites for hydroxylation is 1. The van der Waals surface area contributed by atoms with Crippen molar-refractivity contribution in [2.24, 2.45) is 0 Å². The molecular formula is C38H55FN4O4. The van der Waals surface area contributed by atoms with Gasteiger partial charge < -0.3 is 14.2 Å². The molecule has 0 bridgehead atoms. The zero-order valence-corrected chi connectivity index (χ0v) is 28.7. The van der Waals surface area contributed by atoms with E-state index in [0.717, 1.165) is 74.1 Å². The Morgan fingerprint density at radius 1 is 0.957 bits per heavy atom. The lowest BCUT2D eigenvalue weighted by Gasteiger charge is -2.31. The molecule has 0 radical (unpaired) electrons. The summed E-state index contributed by atoms with van der Waals surface area (Å²) in [5.41, 5.74) is 2.91. The second kappa shape index (κ2) is 17.9. The number of hydrogen-bond donors (Lipinski definition) is 0. The average Bonchev–Trinajstić information content (AvgIpc) is 3.49. The molecule has 4 heterocycles. The summed E-state index contributed by atoms with van der Waals surface area (Å²) in [6.45, 7) is 7.36. The Morgan fingerprint density at radius 3 is 2.34 bits per heavy atom. The number of unbranched alkanes of at least 4 members (excludes halogenated alkanes) is 11. The van der Waals surface area contributed by atoms with Gasteiger partial charge in [-0.15, -0.1) is 0 Å². The molecule has 1 atom stereocenters. The summed E-state index contributed by atoms with van der Waals surface area (Å²) in [5.74, 6) is 0.376. The van der Waals surface area contributed by atoms with Crippen LogP contribution in [0.3, 0.4) is 0 Å². The van der Waals surface area contributed by atoms with E-state index in [0.29, 0.717) is 37.2 Å². The van der Waals surface area contributed by atoms with Gasteiger partial charge in [-0.3, -0.25) is 14.2 Å². The highest BCUT2D eigenvalue weighted by atomic mass is 19.1. The molecule has 2 aliphatic heterocycles. The number of piperidine rings is 1. The van der Waals surface area contributed by atoms with Crippen molar-refractivity contribution in [1.82, 2.24) is 19.6 Å². The molecule has 3 aromatic rings. The van der Waals surface area contributed by atoms with Gasteiger partial charge in [-0.1, -0.05) is 82.7 Å². The van der Waals surface area contributed by atoms with Crippen molar-refractivity contribution in [1.29, 1.82) is 0 Å². The number of carbonyl (C=O) groups is 1. The standard InChI is InChI=1S/C38H55FN4O4/c1-3-4-5-6-7-8-9-10-11-12-13-14-17-35(44)46-33-16-15-23-43-37(33)40-28(2)31(38(43)45)22-26-42-24-20-29(21-25-42)36-32-19-18-30(39)27-34(32)47-41-36/h18-19,27,29,33H,3-17,20-26H2,1-2H3/t33-/m1/s1. The van der Waals surface area contributed by atoms with Gasteiger partial charge in [0.15, 0.2) is 17.5 Å². The van der Waals surface area contributed by atoms with Crippen LogP contribution in [0.25, 0.3) is 11.0 Å². The van der Waals surface area contributed by atoms with Crippen LogP contribution in [0.2, 0.25) is 0 Å². The van der Waals surface area contributed by atoms with E-state index in [9.17, 15) is 14.0 Å². The van der Waals surface area contributed by atoms with Gasteiger partial charge in [0.1, 0.15) is 5.82 Å². The SMILES string of the molecule is CCCCCCCCCCCCCCC(=O)O[C@@H]1CCCn2c1nc(C)c(CCN1CCC(c3noc4cc(F)ccc34)CC1)c2=O. The third kappa shape index (κ3) is 9.74. The van der Waals surface area contributed by atoms with Gasteiger partial charge in [-0.25, -0.2) is 9.37 Å². The molecule has 1 aromatic carbocycles. The lowest BCUT2D eigenvalue weighted by atomic mass is 9.91. The molecule has 0 N–H and O–H groups in total. The second-order valence-corrected chi connectivity index (χ2v) is 13.8. The highest BCUT2D eigenvalue weighted by molar-refractivity contribution is 5.79.